The second-order valence-electron chi connectivity index (χ2n) is 12.9. The summed E-state index contributed by atoms with van der Waals surface area (Å²) in [5, 5.41) is 46.5. The van der Waals surface area contributed by atoms with Crippen molar-refractivity contribution in [1.82, 2.24) is 19.9 Å². The van der Waals surface area contributed by atoms with Gasteiger partial charge in [0.2, 0.25) is 17.6 Å². The minimum atomic E-state index is -1.46. The molecular weight excluding hydrogens is 820 g/mol. The third-order valence-corrected chi connectivity index (χ3v) is 7.72. The Bertz CT molecular complexity index is 2540. The van der Waals surface area contributed by atoms with E-state index in [2.05, 4.69) is 35.9 Å². The van der Waals surface area contributed by atoms with Gasteiger partial charge in [0.25, 0.3) is 23.6 Å². The third-order valence-electron chi connectivity index (χ3n) is 7.72. The van der Waals surface area contributed by atoms with Gasteiger partial charge in [0, 0.05) is 6.07 Å². The van der Waals surface area contributed by atoms with Crippen molar-refractivity contribution >= 4 is 58.4 Å². The lowest BCUT2D eigenvalue weighted by Gasteiger charge is -2.15. The van der Waals surface area contributed by atoms with Crippen LogP contribution in [-0.2, 0) is 16.2 Å². The number of carbonyl (C=O) groups excluding carboxylic acids is 3. The van der Waals surface area contributed by atoms with Gasteiger partial charge >= 0.3 is 23.6 Å². The summed E-state index contributed by atoms with van der Waals surface area (Å²) in [7, 11) is 0. The predicted octanol–water partition coefficient (Wildman–Crippen LogP) is 4.17. The lowest BCUT2D eigenvalue weighted by molar-refractivity contribution is -0.386. The van der Waals surface area contributed by atoms with E-state index in [0.29, 0.717) is 5.56 Å². The molecule has 5 aromatic rings. The van der Waals surface area contributed by atoms with Crippen LogP contribution in [0.5, 0.6) is 23.5 Å². The topological polar surface area (TPSA) is 331 Å². The Morgan fingerprint density at radius 2 is 1.00 bits per heavy atom. The molecule has 23 heteroatoms. The first-order valence-corrected chi connectivity index (χ1v) is 17.9. The first-order chi connectivity index (χ1) is 29.6. The lowest BCUT2D eigenvalue weighted by atomic mass is 10.2. The molecule has 62 heavy (non-hydrogen) atoms. The number of benzene rings is 1. The molecule has 4 aromatic heterocycles. The number of carboxylic acids is 3. The molecule has 5 rings (SSSR count). The zero-order valence-electron chi connectivity index (χ0n) is 32.4. The molecule has 0 aliphatic rings. The molecule has 0 unspecified atom stereocenters. The van der Waals surface area contributed by atoms with Crippen LogP contribution >= 0.6 is 0 Å². The van der Waals surface area contributed by atoms with E-state index in [0.717, 1.165) is 36.4 Å². The molecule has 0 atom stereocenters. The normalized spacial score (nSPS) is 10.6. The molecule has 0 radical (unpaired) electrons. The van der Waals surface area contributed by atoms with Gasteiger partial charge in [-0.25, -0.2) is 34.3 Å². The van der Waals surface area contributed by atoms with Crippen molar-refractivity contribution in [2.24, 2.45) is 5.92 Å². The molecule has 0 aliphatic heterocycles. The molecule has 320 valence electrons. The number of aliphatic carboxylic acids is 2. The molecule has 0 spiro atoms. The fraction of sp³-hybridized carbons (Fsp3) is 0.179. The van der Waals surface area contributed by atoms with E-state index in [4.69, 9.17) is 24.1 Å². The quantitative estimate of drug-likeness (QED) is 0.0472. The smallest absolute Gasteiger partial charge is 0.354 e. The number of anilines is 3. The number of aromatic carboxylic acids is 1. The highest BCUT2D eigenvalue weighted by atomic mass is 16.6. The van der Waals surface area contributed by atoms with Crippen molar-refractivity contribution in [2.45, 2.75) is 20.5 Å². The fourth-order valence-electron chi connectivity index (χ4n) is 4.90. The Balaban J connectivity index is 1.41. The highest BCUT2D eigenvalue weighted by molar-refractivity contribution is 6.07. The number of amides is 3. The summed E-state index contributed by atoms with van der Waals surface area (Å²) in [4.78, 5) is 101. The average Bonchev–Trinajstić information content (AvgIpc) is 3.24. The van der Waals surface area contributed by atoms with Crippen molar-refractivity contribution in [3.8, 4) is 23.5 Å². The maximum Gasteiger partial charge on any atom is 0.354 e. The number of nitrogens with one attached hydrogen (secondary N) is 3. The molecule has 4 heterocycles. The summed E-state index contributed by atoms with van der Waals surface area (Å²) in [6.07, 6.45) is 0. The minimum absolute atomic E-state index is 0.00803. The number of nitro groups is 1. The number of aromatic nitrogens is 4. The van der Waals surface area contributed by atoms with Gasteiger partial charge in [-0.3, -0.25) is 24.5 Å². The van der Waals surface area contributed by atoms with E-state index in [1.807, 2.05) is 13.8 Å². The van der Waals surface area contributed by atoms with Gasteiger partial charge in [-0.15, -0.1) is 0 Å². The SMILES string of the molecule is CC(C)COc1nc(C(=O)Nc2ccc(C(=O)Nc3ccc(C(=O)Nc4ccc(C(=O)O)nc4OCC(=O)O)nc3OCC(=O)O)nc2OCc2ccccc2)ccc1[N+](=O)[O-]. The van der Waals surface area contributed by atoms with Crippen LogP contribution in [0.2, 0.25) is 0 Å². The van der Waals surface area contributed by atoms with Gasteiger partial charge in [-0.2, -0.15) is 0 Å². The number of carboxylic acid groups (broad SMARTS) is 3. The van der Waals surface area contributed by atoms with Crippen LogP contribution < -0.4 is 34.9 Å². The maximum absolute atomic E-state index is 13.6. The second kappa shape index (κ2) is 20.3. The molecule has 0 aliphatic carbocycles. The van der Waals surface area contributed by atoms with Crippen molar-refractivity contribution in [3.05, 3.63) is 117 Å². The van der Waals surface area contributed by atoms with E-state index in [1.165, 1.54) is 12.1 Å². The Morgan fingerprint density at radius 3 is 1.44 bits per heavy atom. The number of hydrogen-bond acceptors (Lipinski definition) is 16. The molecule has 3 amide bonds. The standard InChI is InChI=1S/C39H34N8O15/c1-20(2)16-59-38-29(47(57)58)15-14-24(45-38)34(54)40-25-10-8-22(43-35(25)60-17-21-6-4-3-5-7-21)32(52)41-26-11-9-23(44-36(26)61-18-30(48)49)33(53)42-27-12-13-28(39(55)56)46-37(27)62-19-31(50)51/h3-15,20H,16-19H2,1-2H3,(H,40,54)(H,41,52)(H,42,53)(H,48,49)(H,50,51)(H,55,56). The van der Waals surface area contributed by atoms with Crippen molar-refractivity contribution in [2.75, 3.05) is 35.8 Å². The van der Waals surface area contributed by atoms with E-state index in [-0.39, 0.29) is 59.3 Å². The zero-order valence-corrected chi connectivity index (χ0v) is 32.4. The summed E-state index contributed by atoms with van der Waals surface area (Å²) in [6, 6.07) is 17.9. The molecule has 23 nitrogen and oxygen atoms in total. The van der Waals surface area contributed by atoms with Crippen LogP contribution in [0.3, 0.4) is 0 Å². The van der Waals surface area contributed by atoms with Crippen LogP contribution in [0.1, 0.15) is 61.4 Å². The van der Waals surface area contributed by atoms with E-state index >= 15 is 0 Å². The molecule has 0 saturated heterocycles. The second-order valence-corrected chi connectivity index (χ2v) is 12.9. The Kier molecular flexibility index (Phi) is 14.5. The van der Waals surface area contributed by atoms with Crippen molar-refractivity contribution in [3.63, 3.8) is 0 Å². The summed E-state index contributed by atoms with van der Waals surface area (Å²) < 4.78 is 21.7. The van der Waals surface area contributed by atoms with E-state index in [9.17, 15) is 49.1 Å². The predicted molar refractivity (Wildman–Crippen MR) is 212 cm³/mol. The number of rotatable bonds is 20. The zero-order chi connectivity index (χ0) is 44.9. The van der Waals surface area contributed by atoms with Gasteiger partial charge in [0.05, 0.1) is 11.5 Å². The van der Waals surface area contributed by atoms with Crippen LogP contribution in [0.4, 0.5) is 22.7 Å². The van der Waals surface area contributed by atoms with E-state index in [1.54, 1.807) is 30.3 Å². The van der Waals surface area contributed by atoms with Gasteiger partial charge in [0.15, 0.2) is 18.9 Å². The molecular formula is C39H34N8O15. The van der Waals surface area contributed by atoms with Crippen molar-refractivity contribution < 1.29 is 68.0 Å². The average molecular weight is 855 g/mol. The Labute approximate surface area is 348 Å². The molecule has 1 aromatic carbocycles. The first kappa shape index (κ1) is 44.3. The molecule has 6 N–H and O–H groups in total. The molecule has 0 bridgehead atoms. The van der Waals surface area contributed by atoms with Gasteiger partial charge < -0.3 is 50.2 Å². The Hall–Kier alpha value is -8.76. The Morgan fingerprint density at radius 1 is 0.581 bits per heavy atom. The number of pyridine rings is 4. The molecule has 0 fully saturated rings. The lowest BCUT2D eigenvalue weighted by Crippen LogP contribution is -2.20. The van der Waals surface area contributed by atoms with Gasteiger partial charge in [-0.05, 0) is 53.9 Å². The largest absolute Gasteiger partial charge is 0.479 e. The van der Waals surface area contributed by atoms with Crippen LogP contribution in [0, 0.1) is 16.0 Å². The number of ether oxygens (including phenoxy) is 4. The third kappa shape index (κ3) is 12.1. The molecule has 0 saturated carbocycles. The summed E-state index contributed by atoms with van der Waals surface area (Å²) in [6.45, 7) is 1.77. The number of nitrogens with zero attached hydrogens (tertiary/aromatic N) is 5. The van der Waals surface area contributed by atoms with E-state index < -0.39 is 82.6 Å². The summed E-state index contributed by atoms with van der Waals surface area (Å²) in [5.41, 5.74) is -1.72. The van der Waals surface area contributed by atoms with Crippen LogP contribution in [-0.4, -0.2) is 95.6 Å². The van der Waals surface area contributed by atoms with Crippen LogP contribution in [0.15, 0.2) is 78.9 Å². The van der Waals surface area contributed by atoms with Crippen molar-refractivity contribution in [1.29, 1.82) is 0 Å². The highest BCUT2D eigenvalue weighted by Gasteiger charge is 2.24. The fourth-order valence-corrected chi connectivity index (χ4v) is 4.90. The monoisotopic (exact) mass is 854 g/mol. The first-order valence-electron chi connectivity index (χ1n) is 17.9. The minimum Gasteiger partial charge on any atom is -0.479 e. The maximum atomic E-state index is 13.6. The highest BCUT2D eigenvalue weighted by Crippen LogP contribution is 2.30. The van der Waals surface area contributed by atoms with Gasteiger partial charge in [-0.1, -0.05) is 44.2 Å². The van der Waals surface area contributed by atoms with Crippen LogP contribution in [0.25, 0.3) is 0 Å². The number of hydrogen-bond donors (Lipinski definition) is 6. The summed E-state index contributed by atoms with van der Waals surface area (Å²) in [5.74, 6) is -8.74. The summed E-state index contributed by atoms with van der Waals surface area (Å²) >= 11 is 0. The number of carbonyl (C=O) groups is 6. The van der Waals surface area contributed by atoms with Gasteiger partial charge in [0.1, 0.15) is 40.8 Å².